The van der Waals surface area contributed by atoms with Crippen LogP contribution in [0.5, 0.6) is 5.75 Å². The van der Waals surface area contributed by atoms with E-state index in [1.54, 1.807) is 6.92 Å². The summed E-state index contributed by atoms with van der Waals surface area (Å²) in [5, 5.41) is 14.9. The number of rotatable bonds is 13. The highest BCUT2D eigenvalue weighted by Crippen LogP contribution is 2.38. The predicted octanol–water partition coefficient (Wildman–Crippen LogP) is 3.32. The van der Waals surface area contributed by atoms with Crippen LogP contribution in [0.3, 0.4) is 0 Å². The smallest absolute Gasteiger partial charge is 0.426 e. The molecule has 4 aromatic rings. The zero-order chi connectivity index (χ0) is 33.7. The van der Waals surface area contributed by atoms with Gasteiger partial charge in [0.25, 0.3) is 18.8 Å². The highest BCUT2D eigenvalue weighted by molar-refractivity contribution is 5.99. The summed E-state index contributed by atoms with van der Waals surface area (Å²) < 4.78 is 74.3. The van der Waals surface area contributed by atoms with E-state index in [2.05, 4.69) is 36.3 Å². The maximum Gasteiger partial charge on any atom is 0.435 e. The minimum Gasteiger partial charge on any atom is -0.426 e. The molecule has 1 aliphatic heterocycles. The molecule has 0 radical (unpaired) electrons. The maximum absolute atomic E-state index is 13.8. The van der Waals surface area contributed by atoms with E-state index in [1.807, 2.05) is 0 Å². The van der Waals surface area contributed by atoms with Crippen molar-refractivity contribution in [2.45, 2.75) is 51.4 Å². The molecule has 4 N–H and O–H groups in total. The van der Waals surface area contributed by atoms with Crippen LogP contribution < -0.4 is 26.0 Å². The lowest BCUT2D eigenvalue weighted by molar-refractivity contribution is -0.141. The first-order valence-electron chi connectivity index (χ1n) is 14.6. The van der Waals surface area contributed by atoms with Gasteiger partial charge in [-0.15, -0.1) is 0 Å². The summed E-state index contributed by atoms with van der Waals surface area (Å²) in [5.41, 5.74) is -1.22. The first-order chi connectivity index (χ1) is 22.5. The predicted molar refractivity (Wildman–Crippen MR) is 157 cm³/mol. The van der Waals surface area contributed by atoms with Crippen LogP contribution >= 0.6 is 0 Å². The number of nitrogens with zero attached hydrogens (tertiary/aromatic N) is 5. The van der Waals surface area contributed by atoms with Gasteiger partial charge in [-0.1, -0.05) is 6.92 Å². The lowest BCUT2D eigenvalue weighted by Crippen LogP contribution is -2.42. The van der Waals surface area contributed by atoms with Crippen LogP contribution in [0.25, 0.3) is 16.9 Å². The number of anilines is 2. The number of hydrogen-bond acceptors (Lipinski definition) is 9. The first-order valence-corrected chi connectivity index (χ1v) is 14.6. The summed E-state index contributed by atoms with van der Waals surface area (Å²) in [6.07, 6.45) is -1.06. The van der Waals surface area contributed by atoms with Crippen molar-refractivity contribution in [1.82, 2.24) is 40.1 Å². The Kier molecular flexibility index (Phi) is 9.97. The highest BCUT2D eigenvalue weighted by Gasteiger charge is 2.38. The van der Waals surface area contributed by atoms with Crippen LogP contribution in [-0.4, -0.2) is 74.5 Å². The largest absolute Gasteiger partial charge is 0.435 e. The minimum atomic E-state index is -4.94. The van der Waals surface area contributed by atoms with Crippen molar-refractivity contribution in [1.29, 1.82) is 0 Å². The number of aromatic nitrogens is 5. The zero-order valence-corrected chi connectivity index (χ0v) is 24.9. The molecule has 250 valence electrons. The van der Waals surface area contributed by atoms with Gasteiger partial charge < -0.3 is 26.0 Å². The molecule has 1 aromatic carbocycles. The summed E-state index contributed by atoms with van der Waals surface area (Å²) in [6, 6.07) is 3.08. The fraction of sp³-hybridized carbons (Fsp3) is 0.379. The van der Waals surface area contributed by atoms with Gasteiger partial charge in [-0.25, -0.2) is 18.7 Å². The number of amides is 2. The Balaban J connectivity index is 1.41. The SMILES string of the molecule is CCc1c(C(=O)NCC(=O)NCC2CCCN2)ccc(Nc2nccn3c(-c4cn(CC(F)F)nc4C(F)(F)F)cnc23)c1OC=O. The molecule has 47 heavy (non-hydrogen) atoms. The number of carbonyl (C=O) groups excluding carboxylic acids is 3. The van der Waals surface area contributed by atoms with Gasteiger partial charge in [0.15, 0.2) is 22.9 Å². The van der Waals surface area contributed by atoms with Crippen LogP contribution in [-0.2, 0) is 28.7 Å². The number of benzene rings is 1. The topological polar surface area (TPSA) is 157 Å². The van der Waals surface area contributed by atoms with Crippen LogP contribution in [0, 0.1) is 0 Å². The van der Waals surface area contributed by atoms with Crippen molar-refractivity contribution >= 4 is 35.4 Å². The second-order valence-corrected chi connectivity index (χ2v) is 10.6. The van der Waals surface area contributed by atoms with Crippen LogP contribution in [0.4, 0.5) is 33.5 Å². The number of fused-ring (bicyclic) bond motifs is 1. The van der Waals surface area contributed by atoms with Gasteiger partial charge >= 0.3 is 6.18 Å². The van der Waals surface area contributed by atoms with E-state index in [1.165, 1.54) is 28.9 Å². The second-order valence-electron chi connectivity index (χ2n) is 10.6. The molecule has 1 saturated heterocycles. The summed E-state index contributed by atoms with van der Waals surface area (Å²) >= 11 is 0. The van der Waals surface area contributed by atoms with Crippen molar-refractivity contribution in [2.75, 3.05) is 25.0 Å². The Morgan fingerprint density at radius 3 is 2.70 bits per heavy atom. The lowest BCUT2D eigenvalue weighted by Gasteiger charge is -2.17. The molecule has 0 bridgehead atoms. The van der Waals surface area contributed by atoms with Crippen molar-refractivity contribution in [2.24, 2.45) is 0 Å². The van der Waals surface area contributed by atoms with E-state index >= 15 is 0 Å². The third kappa shape index (κ3) is 7.48. The molecular weight excluding hydrogens is 633 g/mol. The third-order valence-corrected chi connectivity index (χ3v) is 7.45. The molecule has 1 fully saturated rings. The average molecular weight is 664 g/mol. The van der Waals surface area contributed by atoms with Gasteiger partial charge in [0, 0.05) is 42.3 Å². The second kappa shape index (κ2) is 14.1. The monoisotopic (exact) mass is 663 g/mol. The van der Waals surface area contributed by atoms with Gasteiger partial charge in [0.2, 0.25) is 5.91 Å². The third-order valence-electron chi connectivity index (χ3n) is 7.45. The first kappa shape index (κ1) is 33.2. The van der Waals surface area contributed by atoms with Crippen LogP contribution in [0.15, 0.2) is 36.9 Å². The minimum absolute atomic E-state index is 0.0184. The molecule has 0 spiro atoms. The maximum atomic E-state index is 13.8. The molecule has 13 nitrogen and oxygen atoms in total. The van der Waals surface area contributed by atoms with Gasteiger partial charge in [0.1, 0.15) is 6.54 Å². The Morgan fingerprint density at radius 2 is 2.02 bits per heavy atom. The summed E-state index contributed by atoms with van der Waals surface area (Å²) in [4.78, 5) is 45.3. The molecule has 1 aliphatic rings. The quantitative estimate of drug-likeness (QED) is 0.125. The molecule has 18 heteroatoms. The van der Waals surface area contributed by atoms with Crippen molar-refractivity contribution in [3.8, 4) is 17.0 Å². The van der Waals surface area contributed by atoms with E-state index in [9.17, 15) is 36.3 Å². The molecule has 3 aromatic heterocycles. The number of alkyl halides is 5. The van der Waals surface area contributed by atoms with E-state index < -0.39 is 36.3 Å². The van der Waals surface area contributed by atoms with E-state index in [0.29, 0.717) is 16.8 Å². The fourth-order valence-electron chi connectivity index (χ4n) is 5.35. The Bertz CT molecular complexity index is 1770. The molecule has 1 unspecified atom stereocenters. The van der Waals surface area contributed by atoms with Crippen molar-refractivity contribution in [3.63, 3.8) is 0 Å². The molecule has 1 atom stereocenters. The van der Waals surface area contributed by atoms with E-state index in [-0.39, 0.29) is 65.5 Å². The molecular formula is C29H30F5N9O4. The molecule has 2 amide bonds. The van der Waals surface area contributed by atoms with Crippen LogP contribution in [0.1, 0.15) is 41.4 Å². The Hall–Kier alpha value is -5.13. The normalized spacial score (nSPS) is 14.8. The number of halogens is 5. The summed E-state index contributed by atoms with van der Waals surface area (Å²) in [7, 11) is 0. The number of hydrogen-bond donors (Lipinski definition) is 4. The molecule has 0 saturated carbocycles. The Morgan fingerprint density at radius 1 is 1.21 bits per heavy atom. The number of imidazole rings is 1. The highest BCUT2D eigenvalue weighted by atomic mass is 19.4. The van der Waals surface area contributed by atoms with E-state index in [0.717, 1.165) is 31.8 Å². The standard InChI is InChI=1S/C29H30F5N9O4/c1-2-17-18(28(46)39-12-23(45)37-10-16-4-3-7-35-16)5-6-20(24(17)47-15-44)40-26-27-38-11-21(43(27)9-8-36-26)19-13-42(14-22(30)31)41-25(19)29(32,33)34/h5-6,8-9,11,13,15-16,22,35H,2-4,7,10,12,14H2,1H3,(H,36,40)(H,37,45)(H,39,46). The zero-order valence-electron chi connectivity index (χ0n) is 24.9. The van der Waals surface area contributed by atoms with Crippen molar-refractivity contribution in [3.05, 3.63) is 53.7 Å². The summed E-state index contributed by atoms with van der Waals surface area (Å²) in [5.74, 6) is -0.926. The van der Waals surface area contributed by atoms with Gasteiger partial charge in [-0.3, -0.25) is 23.5 Å². The number of carbonyl (C=O) groups is 3. The average Bonchev–Trinajstić information content (AvgIpc) is 3.79. The number of ether oxygens (including phenoxy) is 1. The summed E-state index contributed by atoms with van der Waals surface area (Å²) in [6.45, 7) is 1.92. The van der Waals surface area contributed by atoms with Crippen molar-refractivity contribution < 1.29 is 41.1 Å². The molecule has 0 aliphatic carbocycles. The van der Waals surface area contributed by atoms with Gasteiger partial charge in [-0.05, 0) is 37.9 Å². The molecule has 4 heterocycles. The Labute approximate surface area is 263 Å². The molecule has 5 rings (SSSR count). The number of nitrogens with one attached hydrogen (secondary N) is 4. The van der Waals surface area contributed by atoms with Gasteiger partial charge in [0.05, 0.1) is 29.7 Å². The van der Waals surface area contributed by atoms with Gasteiger partial charge in [-0.2, -0.15) is 18.3 Å². The van der Waals surface area contributed by atoms with E-state index in [4.69, 9.17) is 4.74 Å². The van der Waals surface area contributed by atoms with Crippen LogP contribution in [0.2, 0.25) is 0 Å². The lowest BCUT2D eigenvalue weighted by atomic mass is 10.0. The fourth-order valence-corrected chi connectivity index (χ4v) is 5.35.